The van der Waals surface area contributed by atoms with Gasteiger partial charge in [0.1, 0.15) is 29.6 Å². The SMILES string of the molecule is COC(=O)C[C@@H](O)c1cccc(OCc2cnc(-c3cc(OC)ccc3F)c(Cl)n2)c1. The Morgan fingerprint density at radius 3 is 2.71 bits per heavy atom. The molecule has 162 valence electrons. The largest absolute Gasteiger partial charge is 0.497 e. The van der Waals surface area contributed by atoms with E-state index >= 15 is 0 Å². The van der Waals surface area contributed by atoms with Crippen molar-refractivity contribution >= 4 is 17.6 Å². The number of aromatic nitrogens is 2. The zero-order valence-electron chi connectivity index (χ0n) is 16.8. The summed E-state index contributed by atoms with van der Waals surface area (Å²) < 4.78 is 29.6. The second-order valence-electron chi connectivity index (χ2n) is 6.50. The van der Waals surface area contributed by atoms with Crippen LogP contribution in [0.5, 0.6) is 11.5 Å². The fraction of sp³-hybridized carbons (Fsp3) is 0.227. The Morgan fingerprint density at radius 1 is 1.19 bits per heavy atom. The van der Waals surface area contributed by atoms with E-state index in [0.29, 0.717) is 22.8 Å². The Kier molecular flexibility index (Phi) is 7.38. The monoisotopic (exact) mass is 446 g/mol. The molecule has 2 aromatic carbocycles. The van der Waals surface area contributed by atoms with Gasteiger partial charge in [-0.15, -0.1) is 0 Å². The number of nitrogens with zero attached hydrogens (tertiary/aromatic N) is 2. The van der Waals surface area contributed by atoms with Crippen LogP contribution in [0.1, 0.15) is 23.8 Å². The molecule has 1 N–H and O–H groups in total. The van der Waals surface area contributed by atoms with Crippen LogP contribution in [-0.2, 0) is 16.1 Å². The van der Waals surface area contributed by atoms with Gasteiger partial charge in [-0.1, -0.05) is 23.7 Å². The standard InChI is InChI=1S/C22H20ClFN2O5/c1-29-15-6-7-18(24)17(9-15)21-22(23)26-14(11-25-21)12-31-16-5-3-4-13(8-16)19(27)10-20(28)30-2/h3-9,11,19,27H,10,12H2,1-2H3/t19-/m1/s1. The first-order valence-electron chi connectivity index (χ1n) is 9.24. The highest BCUT2D eigenvalue weighted by atomic mass is 35.5. The van der Waals surface area contributed by atoms with Crippen molar-refractivity contribution in [3.8, 4) is 22.8 Å². The lowest BCUT2D eigenvalue weighted by Crippen LogP contribution is -2.08. The number of ether oxygens (including phenoxy) is 3. The molecule has 0 spiro atoms. The summed E-state index contributed by atoms with van der Waals surface area (Å²) in [6.45, 7) is 0.0458. The van der Waals surface area contributed by atoms with E-state index in [2.05, 4.69) is 14.7 Å². The number of hydrogen-bond donors (Lipinski definition) is 1. The van der Waals surface area contributed by atoms with E-state index in [-0.39, 0.29) is 29.4 Å². The van der Waals surface area contributed by atoms with Gasteiger partial charge in [-0.05, 0) is 35.9 Å². The summed E-state index contributed by atoms with van der Waals surface area (Å²) in [5, 5.41) is 10.2. The summed E-state index contributed by atoms with van der Waals surface area (Å²) >= 11 is 6.23. The second-order valence-corrected chi connectivity index (χ2v) is 6.86. The van der Waals surface area contributed by atoms with E-state index in [1.54, 1.807) is 24.3 Å². The summed E-state index contributed by atoms with van der Waals surface area (Å²) in [4.78, 5) is 19.8. The van der Waals surface area contributed by atoms with E-state index in [1.807, 2.05) is 0 Å². The van der Waals surface area contributed by atoms with Crippen LogP contribution in [0.3, 0.4) is 0 Å². The van der Waals surface area contributed by atoms with Gasteiger partial charge < -0.3 is 19.3 Å². The van der Waals surface area contributed by atoms with Crippen LogP contribution < -0.4 is 9.47 Å². The Labute approximate surface area is 183 Å². The smallest absolute Gasteiger partial charge is 0.308 e. The third-order valence-electron chi connectivity index (χ3n) is 4.43. The number of esters is 1. The molecule has 1 heterocycles. The summed E-state index contributed by atoms with van der Waals surface area (Å²) in [5.41, 5.74) is 1.31. The molecule has 0 aliphatic carbocycles. The number of rotatable bonds is 8. The fourth-order valence-electron chi connectivity index (χ4n) is 2.79. The van der Waals surface area contributed by atoms with Gasteiger partial charge in [-0.2, -0.15) is 0 Å². The Balaban J connectivity index is 1.72. The van der Waals surface area contributed by atoms with Crippen molar-refractivity contribution in [1.82, 2.24) is 9.97 Å². The summed E-state index contributed by atoms with van der Waals surface area (Å²) in [6, 6.07) is 10.9. The van der Waals surface area contributed by atoms with Gasteiger partial charge in [0.25, 0.3) is 0 Å². The molecular formula is C22H20ClFN2O5. The van der Waals surface area contributed by atoms with E-state index in [1.165, 1.54) is 38.6 Å². The molecule has 0 fully saturated rings. The van der Waals surface area contributed by atoms with E-state index in [9.17, 15) is 14.3 Å². The maximum atomic E-state index is 14.2. The quantitative estimate of drug-likeness (QED) is 0.520. The first-order valence-corrected chi connectivity index (χ1v) is 9.62. The minimum atomic E-state index is -1.01. The van der Waals surface area contributed by atoms with Crippen molar-refractivity contribution < 1.29 is 28.5 Å². The molecule has 0 amide bonds. The maximum absolute atomic E-state index is 14.2. The van der Waals surface area contributed by atoms with Gasteiger partial charge in [0.2, 0.25) is 0 Å². The van der Waals surface area contributed by atoms with Gasteiger partial charge in [-0.3, -0.25) is 9.78 Å². The Bertz CT molecular complexity index is 1080. The predicted molar refractivity (Wildman–Crippen MR) is 111 cm³/mol. The Morgan fingerprint density at radius 2 is 2.00 bits per heavy atom. The van der Waals surface area contributed by atoms with Crippen molar-refractivity contribution in [2.24, 2.45) is 0 Å². The average Bonchev–Trinajstić information content (AvgIpc) is 2.78. The highest BCUT2D eigenvalue weighted by Gasteiger charge is 2.16. The molecule has 31 heavy (non-hydrogen) atoms. The molecule has 0 saturated heterocycles. The van der Waals surface area contributed by atoms with Crippen LogP contribution in [0.25, 0.3) is 11.3 Å². The molecule has 3 rings (SSSR count). The number of halogens is 2. The molecule has 0 saturated carbocycles. The summed E-state index contributed by atoms with van der Waals surface area (Å²) in [5.74, 6) is -0.0853. The predicted octanol–water partition coefficient (Wildman–Crippen LogP) is 4.12. The lowest BCUT2D eigenvalue weighted by Gasteiger charge is -2.12. The van der Waals surface area contributed by atoms with Crippen LogP contribution in [-0.4, -0.2) is 35.3 Å². The first-order chi connectivity index (χ1) is 14.9. The minimum absolute atomic E-state index is 0.0236. The van der Waals surface area contributed by atoms with Gasteiger partial charge in [0.15, 0.2) is 5.15 Å². The molecule has 9 heteroatoms. The topological polar surface area (TPSA) is 90.8 Å². The van der Waals surface area contributed by atoms with Gasteiger partial charge in [0, 0.05) is 5.56 Å². The molecule has 3 aromatic rings. The highest BCUT2D eigenvalue weighted by Crippen LogP contribution is 2.30. The zero-order valence-corrected chi connectivity index (χ0v) is 17.6. The zero-order chi connectivity index (χ0) is 22.4. The molecule has 0 bridgehead atoms. The highest BCUT2D eigenvalue weighted by molar-refractivity contribution is 6.31. The van der Waals surface area contributed by atoms with Crippen molar-refractivity contribution in [2.75, 3.05) is 14.2 Å². The minimum Gasteiger partial charge on any atom is -0.497 e. The van der Waals surface area contributed by atoms with Gasteiger partial charge >= 0.3 is 5.97 Å². The summed E-state index contributed by atoms with van der Waals surface area (Å²) in [7, 11) is 2.74. The molecule has 1 atom stereocenters. The number of aliphatic hydroxyl groups is 1. The van der Waals surface area contributed by atoms with E-state index in [4.69, 9.17) is 21.1 Å². The average molecular weight is 447 g/mol. The lowest BCUT2D eigenvalue weighted by molar-refractivity contribution is -0.142. The van der Waals surface area contributed by atoms with E-state index < -0.39 is 17.9 Å². The molecular weight excluding hydrogens is 427 g/mol. The molecule has 0 unspecified atom stereocenters. The van der Waals surface area contributed by atoms with Crippen molar-refractivity contribution in [3.63, 3.8) is 0 Å². The molecule has 0 aliphatic rings. The number of carbonyl (C=O) groups is 1. The van der Waals surface area contributed by atoms with Crippen molar-refractivity contribution in [3.05, 3.63) is 70.9 Å². The van der Waals surface area contributed by atoms with Crippen LogP contribution >= 0.6 is 11.6 Å². The third kappa shape index (κ3) is 5.68. The van der Waals surface area contributed by atoms with Crippen molar-refractivity contribution in [1.29, 1.82) is 0 Å². The first kappa shape index (κ1) is 22.5. The molecule has 7 nitrogen and oxygen atoms in total. The van der Waals surface area contributed by atoms with Crippen LogP contribution in [0.2, 0.25) is 5.15 Å². The van der Waals surface area contributed by atoms with Crippen LogP contribution in [0.15, 0.2) is 48.7 Å². The Hall–Kier alpha value is -3.23. The number of hydrogen-bond acceptors (Lipinski definition) is 7. The lowest BCUT2D eigenvalue weighted by atomic mass is 10.1. The number of methoxy groups -OCH3 is 2. The van der Waals surface area contributed by atoms with Crippen LogP contribution in [0, 0.1) is 5.82 Å². The van der Waals surface area contributed by atoms with Crippen LogP contribution in [0.4, 0.5) is 4.39 Å². The molecule has 1 aromatic heterocycles. The molecule has 0 radical (unpaired) electrons. The molecule has 0 aliphatic heterocycles. The van der Waals surface area contributed by atoms with Gasteiger partial charge in [-0.25, -0.2) is 9.37 Å². The fourth-order valence-corrected chi connectivity index (χ4v) is 3.05. The number of benzene rings is 2. The van der Waals surface area contributed by atoms with E-state index in [0.717, 1.165) is 0 Å². The number of aliphatic hydroxyl groups excluding tert-OH is 1. The normalized spacial score (nSPS) is 11.6. The van der Waals surface area contributed by atoms with Gasteiger partial charge in [0.05, 0.1) is 38.6 Å². The van der Waals surface area contributed by atoms with Crippen molar-refractivity contribution in [2.45, 2.75) is 19.1 Å². The summed E-state index contributed by atoms with van der Waals surface area (Å²) in [6.07, 6.45) is 0.265. The second kappa shape index (κ2) is 10.2. The third-order valence-corrected chi connectivity index (χ3v) is 4.69. The number of carbonyl (C=O) groups excluding carboxylic acids is 1. The maximum Gasteiger partial charge on any atom is 0.308 e.